The lowest BCUT2D eigenvalue weighted by Crippen LogP contribution is -2.31. The molecule has 134 valence electrons. The molecule has 2 aromatic rings. The van der Waals surface area contributed by atoms with Gasteiger partial charge in [0.15, 0.2) is 6.10 Å². The summed E-state index contributed by atoms with van der Waals surface area (Å²) in [6.07, 6.45) is -1.18. The SMILES string of the molecule is Cc1n[nH]c(C)c1C(C)C(=O)OC(C)C(=O)Nc1cc(F)ccc1F. The number of nitrogens with zero attached hydrogens (tertiary/aromatic N) is 1. The van der Waals surface area contributed by atoms with E-state index in [0.717, 1.165) is 23.9 Å². The summed E-state index contributed by atoms with van der Waals surface area (Å²) in [5.41, 5.74) is 1.79. The van der Waals surface area contributed by atoms with E-state index >= 15 is 0 Å². The number of amides is 1. The molecule has 2 N–H and O–H groups in total. The van der Waals surface area contributed by atoms with Crippen molar-refractivity contribution in [3.05, 3.63) is 46.8 Å². The number of hydrogen-bond donors (Lipinski definition) is 2. The highest BCUT2D eigenvalue weighted by Crippen LogP contribution is 2.23. The number of aryl methyl sites for hydroxylation is 2. The summed E-state index contributed by atoms with van der Waals surface area (Å²) >= 11 is 0. The number of aromatic amines is 1. The van der Waals surface area contributed by atoms with Crippen molar-refractivity contribution in [1.29, 1.82) is 0 Å². The predicted molar refractivity (Wildman–Crippen MR) is 87.0 cm³/mol. The molecular weight excluding hydrogens is 332 g/mol. The largest absolute Gasteiger partial charge is 0.452 e. The van der Waals surface area contributed by atoms with E-state index in [1.807, 2.05) is 0 Å². The summed E-state index contributed by atoms with van der Waals surface area (Å²) in [4.78, 5) is 24.3. The molecule has 8 heteroatoms. The Morgan fingerprint density at radius 3 is 2.52 bits per heavy atom. The molecule has 0 saturated carbocycles. The number of nitrogens with one attached hydrogen (secondary N) is 2. The van der Waals surface area contributed by atoms with Gasteiger partial charge in [-0.25, -0.2) is 8.78 Å². The molecular formula is C17H19F2N3O3. The smallest absolute Gasteiger partial charge is 0.314 e. The van der Waals surface area contributed by atoms with E-state index in [-0.39, 0.29) is 5.69 Å². The van der Waals surface area contributed by atoms with Crippen LogP contribution in [0, 0.1) is 25.5 Å². The number of halogens is 2. The van der Waals surface area contributed by atoms with Crippen LogP contribution < -0.4 is 5.32 Å². The molecule has 0 fully saturated rings. The summed E-state index contributed by atoms with van der Waals surface area (Å²) in [6.45, 7) is 6.53. The van der Waals surface area contributed by atoms with Gasteiger partial charge in [-0.05, 0) is 39.8 Å². The van der Waals surface area contributed by atoms with Crippen LogP contribution in [0.4, 0.5) is 14.5 Å². The van der Waals surface area contributed by atoms with E-state index in [4.69, 9.17) is 4.74 Å². The average Bonchev–Trinajstić information content (AvgIpc) is 2.88. The molecule has 1 aromatic carbocycles. The highest BCUT2D eigenvalue weighted by Gasteiger charge is 2.26. The third-order valence-electron chi connectivity index (χ3n) is 3.82. The van der Waals surface area contributed by atoms with E-state index in [9.17, 15) is 18.4 Å². The highest BCUT2D eigenvalue weighted by atomic mass is 19.1. The zero-order valence-corrected chi connectivity index (χ0v) is 14.3. The normalized spacial score (nSPS) is 13.2. The molecule has 6 nitrogen and oxygen atoms in total. The monoisotopic (exact) mass is 351 g/mol. The van der Waals surface area contributed by atoms with E-state index in [1.54, 1.807) is 20.8 Å². The molecule has 1 amide bonds. The maximum absolute atomic E-state index is 13.6. The lowest BCUT2D eigenvalue weighted by Gasteiger charge is -2.17. The maximum atomic E-state index is 13.6. The van der Waals surface area contributed by atoms with Gasteiger partial charge in [-0.1, -0.05) is 0 Å². The second-order valence-corrected chi connectivity index (χ2v) is 5.76. The number of aromatic nitrogens is 2. The van der Waals surface area contributed by atoms with Gasteiger partial charge in [0.1, 0.15) is 11.6 Å². The average molecular weight is 351 g/mol. The van der Waals surface area contributed by atoms with Crippen molar-refractivity contribution in [2.75, 3.05) is 5.32 Å². The third kappa shape index (κ3) is 4.20. The Morgan fingerprint density at radius 1 is 1.24 bits per heavy atom. The maximum Gasteiger partial charge on any atom is 0.314 e. The Balaban J connectivity index is 2.03. The predicted octanol–water partition coefficient (Wildman–Crippen LogP) is 2.98. The Kier molecular flexibility index (Phi) is 5.51. The van der Waals surface area contributed by atoms with Crippen molar-refractivity contribution in [3.8, 4) is 0 Å². The summed E-state index contributed by atoms with van der Waals surface area (Å²) in [5.74, 6) is -3.48. The molecule has 1 heterocycles. The van der Waals surface area contributed by atoms with Gasteiger partial charge in [-0.3, -0.25) is 14.7 Å². The minimum atomic E-state index is -1.18. The zero-order chi connectivity index (χ0) is 18.7. The molecule has 0 aliphatic rings. The number of hydrogen-bond acceptors (Lipinski definition) is 4. The molecule has 0 bridgehead atoms. The number of anilines is 1. The fourth-order valence-corrected chi connectivity index (χ4v) is 2.47. The number of ether oxygens (including phenoxy) is 1. The molecule has 0 aliphatic carbocycles. The lowest BCUT2D eigenvalue weighted by molar-refractivity contribution is -0.154. The molecule has 2 rings (SSSR count). The molecule has 25 heavy (non-hydrogen) atoms. The van der Waals surface area contributed by atoms with Gasteiger partial charge in [-0.2, -0.15) is 5.10 Å². The van der Waals surface area contributed by atoms with Crippen LogP contribution in [0.1, 0.15) is 36.7 Å². The van der Waals surface area contributed by atoms with Gasteiger partial charge in [0, 0.05) is 17.3 Å². The summed E-state index contributed by atoms with van der Waals surface area (Å²) in [7, 11) is 0. The van der Waals surface area contributed by atoms with Crippen LogP contribution in [0.3, 0.4) is 0 Å². The van der Waals surface area contributed by atoms with Gasteiger partial charge < -0.3 is 10.1 Å². The van der Waals surface area contributed by atoms with Gasteiger partial charge in [-0.15, -0.1) is 0 Å². The quantitative estimate of drug-likeness (QED) is 0.811. The van der Waals surface area contributed by atoms with Crippen LogP contribution in [-0.4, -0.2) is 28.2 Å². The molecule has 0 spiro atoms. The first kappa shape index (κ1) is 18.6. The summed E-state index contributed by atoms with van der Waals surface area (Å²) < 4.78 is 31.8. The second kappa shape index (κ2) is 7.42. The zero-order valence-electron chi connectivity index (χ0n) is 14.3. The topological polar surface area (TPSA) is 84.1 Å². The minimum absolute atomic E-state index is 0.317. The number of benzene rings is 1. The molecule has 0 saturated heterocycles. The third-order valence-corrected chi connectivity index (χ3v) is 3.82. The van der Waals surface area contributed by atoms with Gasteiger partial charge in [0.2, 0.25) is 0 Å². The second-order valence-electron chi connectivity index (χ2n) is 5.76. The fraction of sp³-hybridized carbons (Fsp3) is 0.353. The fourth-order valence-electron chi connectivity index (χ4n) is 2.47. The molecule has 1 aromatic heterocycles. The number of rotatable bonds is 5. The van der Waals surface area contributed by atoms with Crippen LogP contribution in [-0.2, 0) is 14.3 Å². The van der Waals surface area contributed by atoms with E-state index < -0.39 is 35.5 Å². The van der Waals surface area contributed by atoms with Gasteiger partial charge in [0.25, 0.3) is 5.91 Å². The van der Waals surface area contributed by atoms with Crippen molar-refractivity contribution in [2.45, 2.75) is 39.7 Å². The standard InChI is InChI=1S/C17H19F2N3O3/c1-8(15-9(2)21-22-10(15)3)17(24)25-11(4)16(23)20-14-7-12(18)5-6-13(14)19/h5-8,11H,1-4H3,(H,20,23)(H,21,22). The number of H-pyrrole nitrogens is 1. The van der Waals surface area contributed by atoms with Gasteiger partial charge in [0.05, 0.1) is 17.3 Å². The first-order chi connectivity index (χ1) is 11.7. The molecule has 0 aliphatic heterocycles. The molecule has 2 atom stereocenters. The highest BCUT2D eigenvalue weighted by molar-refractivity contribution is 5.95. The van der Waals surface area contributed by atoms with Crippen LogP contribution in [0.2, 0.25) is 0 Å². The van der Waals surface area contributed by atoms with Crippen molar-refractivity contribution in [1.82, 2.24) is 10.2 Å². The van der Waals surface area contributed by atoms with Crippen LogP contribution in [0.25, 0.3) is 0 Å². The Bertz CT molecular complexity index is 785. The number of carbonyl (C=O) groups excluding carboxylic acids is 2. The summed E-state index contributed by atoms with van der Waals surface area (Å²) in [5, 5.41) is 9.00. The lowest BCUT2D eigenvalue weighted by atomic mass is 9.99. The Morgan fingerprint density at radius 2 is 1.92 bits per heavy atom. The molecule has 2 unspecified atom stereocenters. The first-order valence-electron chi connectivity index (χ1n) is 7.68. The van der Waals surface area contributed by atoms with Crippen molar-refractivity contribution >= 4 is 17.6 Å². The van der Waals surface area contributed by atoms with Crippen molar-refractivity contribution < 1.29 is 23.1 Å². The van der Waals surface area contributed by atoms with E-state index in [2.05, 4.69) is 15.5 Å². The van der Waals surface area contributed by atoms with Crippen LogP contribution in [0.5, 0.6) is 0 Å². The number of esters is 1. The van der Waals surface area contributed by atoms with Crippen LogP contribution >= 0.6 is 0 Å². The first-order valence-corrected chi connectivity index (χ1v) is 7.68. The van der Waals surface area contributed by atoms with Crippen molar-refractivity contribution in [3.63, 3.8) is 0 Å². The molecule has 0 radical (unpaired) electrons. The van der Waals surface area contributed by atoms with Crippen LogP contribution in [0.15, 0.2) is 18.2 Å². The Hall–Kier alpha value is -2.77. The van der Waals surface area contributed by atoms with Crippen molar-refractivity contribution in [2.24, 2.45) is 0 Å². The van der Waals surface area contributed by atoms with E-state index in [1.165, 1.54) is 6.92 Å². The van der Waals surface area contributed by atoms with E-state index in [0.29, 0.717) is 11.3 Å². The number of carbonyl (C=O) groups is 2. The minimum Gasteiger partial charge on any atom is -0.452 e. The Labute approximate surface area is 143 Å². The summed E-state index contributed by atoms with van der Waals surface area (Å²) in [6, 6.07) is 2.68. The van der Waals surface area contributed by atoms with Gasteiger partial charge >= 0.3 is 5.97 Å².